The predicted octanol–water partition coefficient (Wildman–Crippen LogP) is 4.22. The van der Waals surface area contributed by atoms with E-state index in [4.69, 9.17) is 23.2 Å². The van der Waals surface area contributed by atoms with E-state index in [0.717, 1.165) is 25.7 Å². The Labute approximate surface area is 116 Å². The average Bonchev–Trinajstić information content (AvgIpc) is 2.74. The van der Waals surface area contributed by atoms with Crippen molar-refractivity contribution in [1.29, 1.82) is 0 Å². The molecule has 1 aromatic carbocycles. The number of hydrogen-bond donors (Lipinski definition) is 2. The standard InChI is InChI=1S/C13H15Cl2NO2/c1-13(4-2-3-5-13)12(18)16-8-6-9(14)11(17)10(15)7-8/h6-7,17H,2-5H2,1H3,(H,16,18). The van der Waals surface area contributed by atoms with Crippen LogP contribution in [0.2, 0.25) is 10.0 Å². The van der Waals surface area contributed by atoms with Crippen molar-refractivity contribution in [1.82, 2.24) is 0 Å². The van der Waals surface area contributed by atoms with Crippen LogP contribution in [0.15, 0.2) is 12.1 Å². The molecule has 1 saturated carbocycles. The third kappa shape index (κ3) is 2.57. The maximum Gasteiger partial charge on any atom is 0.230 e. The Morgan fingerprint density at radius 3 is 2.28 bits per heavy atom. The first-order chi connectivity index (χ1) is 8.42. The summed E-state index contributed by atoms with van der Waals surface area (Å²) < 4.78 is 0. The van der Waals surface area contributed by atoms with Crippen LogP contribution in [0.4, 0.5) is 5.69 Å². The number of benzene rings is 1. The highest BCUT2D eigenvalue weighted by molar-refractivity contribution is 6.37. The van der Waals surface area contributed by atoms with Crippen LogP contribution in [0.5, 0.6) is 5.75 Å². The smallest absolute Gasteiger partial charge is 0.230 e. The number of amides is 1. The molecule has 18 heavy (non-hydrogen) atoms. The summed E-state index contributed by atoms with van der Waals surface area (Å²) in [6.07, 6.45) is 3.97. The van der Waals surface area contributed by atoms with Gasteiger partial charge in [-0.15, -0.1) is 0 Å². The zero-order chi connectivity index (χ0) is 13.3. The fourth-order valence-electron chi connectivity index (χ4n) is 2.30. The van der Waals surface area contributed by atoms with Gasteiger partial charge >= 0.3 is 0 Å². The van der Waals surface area contributed by atoms with Gasteiger partial charge in [0.2, 0.25) is 5.91 Å². The molecule has 0 radical (unpaired) electrons. The summed E-state index contributed by atoms with van der Waals surface area (Å²) in [6, 6.07) is 3.00. The van der Waals surface area contributed by atoms with Gasteiger partial charge < -0.3 is 10.4 Å². The highest BCUT2D eigenvalue weighted by Crippen LogP contribution is 2.39. The monoisotopic (exact) mass is 287 g/mol. The highest BCUT2D eigenvalue weighted by atomic mass is 35.5. The van der Waals surface area contributed by atoms with Crippen molar-refractivity contribution in [3.63, 3.8) is 0 Å². The molecule has 2 N–H and O–H groups in total. The van der Waals surface area contributed by atoms with Crippen molar-refractivity contribution in [2.24, 2.45) is 5.41 Å². The summed E-state index contributed by atoms with van der Waals surface area (Å²) in [5.41, 5.74) is 0.206. The van der Waals surface area contributed by atoms with Gasteiger partial charge in [0.1, 0.15) is 0 Å². The second kappa shape index (κ2) is 4.98. The van der Waals surface area contributed by atoms with Gasteiger partial charge in [-0.1, -0.05) is 43.0 Å². The summed E-state index contributed by atoms with van der Waals surface area (Å²) >= 11 is 11.6. The first kappa shape index (κ1) is 13.5. The normalized spacial score (nSPS) is 17.7. The fraction of sp³-hybridized carbons (Fsp3) is 0.462. The molecule has 5 heteroatoms. The van der Waals surface area contributed by atoms with Crippen molar-refractivity contribution in [2.45, 2.75) is 32.6 Å². The SMILES string of the molecule is CC1(C(=O)Nc2cc(Cl)c(O)c(Cl)c2)CCCC1. The Morgan fingerprint density at radius 1 is 1.28 bits per heavy atom. The number of aromatic hydroxyl groups is 1. The molecule has 0 heterocycles. The summed E-state index contributed by atoms with van der Waals surface area (Å²) in [7, 11) is 0. The molecular weight excluding hydrogens is 273 g/mol. The second-order valence-electron chi connectivity index (χ2n) is 5.01. The molecule has 1 fully saturated rings. The Hall–Kier alpha value is -0.930. The van der Waals surface area contributed by atoms with E-state index in [0.29, 0.717) is 5.69 Å². The van der Waals surface area contributed by atoms with Crippen molar-refractivity contribution in [3.05, 3.63) is 22.2 Å². The van der Waals surface area contributed by atoms with Gasteiger partial charge in [-0.25, -0.2) is 0 Å². The van der Waals surface area contributed by atoms with E-state index >= 15 is 0 Å². The van der Waals surface area contributed by atoms with Crippen LogP contribution in [0.3, 0.4) is 0 Å². The van der Waals surface area contributed by atoms with Crippen molar-refractivity contribution < 1.29 is 9.90 Å². The number of rotatable bonds is 2. The van der Waals surface area contributed by atoms with Crippen LogP contribution in [0, 0.1) is 5.41 Å². The third-order valence-corrected chi connectivity index (χ3v) is 4.11. The van der Waals surface area contributed by atoms with Crippen molar-refractivity contribution in [3.8, 4) is 5.75 Å². The molecule has 0 atom stereocenters. The molecule has 0 spiro atoms. The van der Waals surface area contributed by atoms with Gasteiger partial charge in [0.25, 0.3) is 0 Å². The first-order valence-electron chi connectivity index (χ1n) is 5.92. The van der Waals surface area contributed by atoms with E-state index in [1.807, 2.05) is 6.92 Å². The zero-order valence-electron chi connectivity index (χ0n) is 10.1. The van der Waals surface area contributed by atoms with E-state index in [9.17, 15) is 9.90 Å². The molecule has 1 aliphatic carbocycles. The maximum absolute atomic E-state index is 12.2. The van der Waals surface area contributed by atoms with E-state index in [1.54, 1.807) is 0 Å². The lowest BCUT2D eigenvalue weighted by Gasteiger charge is -2.22. The molecule has 1 aromatic rings. The summed E-state index contributed by atoms with van der Waals surface area (Å²) in [5.74, 6) is -0.179. The number of phenolic OH excluding ortho intramolecular Hbond substituents is 1. The average molecular weight is 288 g/mol. The van der Waals surface area contributed by atoms with Gasteiger partial charge in [0.05, 0.1) is 10.0 Å². The molecule has 0 unspecified atom stereocenters. The molecular formula is C13H15Cl2NO2. The van der Waals surface area contributed by atoms with Crippen molar-refractivity contribution >= 4 is 34.8 Å². The number of carbonyl (C=O) groups is 1. The van der Waals surface area contributed by atoms with Crippen LogP contribution in [0.25, 0.3) is 0 Å². The lowest BCUT2D eigenvalue weighted by molar-refractivity contribution is -0.124. The van der Waals surface area contributed by atoms with E-state index in [1.165, 1.54) is 12.1 Å². The molecule has 0 bridgehead atoms. The summed E-state index contributed by atoms with van der Waals surface area (Å²) in [6.45, 7) is 1.97. The summed E-state index contributed by atoms with van der Waals surface area (Å²) in [4.78, 5) is 12.2. The molecule has 0 aromatic heterocycles. The van der Waals surface area contributed by atoms with Gasteiger partial charge in [-0.3, -0.25) is 4.79 Å². The van der Waals surface area contributed by atoms with Crippen LogP contribution in [-0.4, -0.2) is 11.0 Å². The Balaban J connectivity index is 2.17. The molecule has 1 aliphatic rings. The molecule has 0 saturated heterocycles. The largest absolute Gasteiger partial charge is 0.505 e. The van der Waals surface area contributed by atoms with Crippen LogP contribution in [-0.2, 0) is 4.79 Å². The molecule has 1 amide bonds. The Kier molecular flexibility index (Phi) is 3.74. The summed E-state index contributed by atoms with van der Waals surface area (Å²) in [5, 5.41) is 12.5. The van der Waals surface area contributed by atoms with Crippen molar-refractivity contribution in [2.75, 3.05) is 5.32 Å². The number of nitrogens with one attached hydrogen (secondary N) is 1. The quantitative estimate of drug-likeness (QED) is 0.800. The lowest BCUT2D eigenvalue weighted by Crippen LogP contribution is -2.30. The fourth-order valence-corrected chi connectivity index (χ4v) is 2.79. The zero-order valence-corrected chi connectivity index (χ0v) is 11.6. The second-order valence-corrected chi connectivity index (χ2v) is 5.82. The van der Waals surface area contributed by atoms with Gasteiger partial charge in [-0.2, -0.15) is 0 Å². The van der Waals surface area contributed by atoms with E-state index in [-0.39, 0.29) is 27.1 Å². The minimum Gasteiger partial charge on any atom is -0.505 e. The van der Waals surface area contributed by atoms with E-state index < -0.39 is 0 Å². The van der Waals surface area contributed by atoms with Crippen LogP contribution in [0.1, 0.15) is 32.6 Å². The number of hydrogen-bond acceptors (Lipinski definition) is 2. The minimum atomic E-state index is -0.309. The van der Waals surface area contributed by atoms with Crippen LogP contribution >= 0.6 is 23.2 Å². The topological polar surface area (TPSA) is 49.3 Å². The van der Waals surface area contributed by atoms with Gasteiger partial charge in [0.15, 0.2) is 5.75 Å². The lowest BCUT2D eigenvalue weighted by atomic mass is 9.88. The number of halogens is 2. The Bertz CT molecular complexity index is 459. The van der Waals surface area contributed by atoms with Crippen LogP contribution < -0.4 is 5.32 Å². The predicted molar refractivity (Wildman–Crippen MR) is 73.3 cm³/mol. The Morgan fingerprint density at radius 2 is 1.78 bits per heavy atom. The van der Waals surface area contributed by atoms with E-state index in [2.05, 4.69) is 5.32 Å². The third-order valence-electron chi connectivity index (χ3n) is 3.53. The molecule has 3 nitrogen and oxygen atoms in total. The molecule has 2 rings (SSSR count). The number of anilines is 1. The van der Waals surface area contributed by atoms with Gasteiger partial charge in [0, 0.05) is 11.1 Å². The van der Waals surface area contributed by atoms with Gasteiger partial charge in [-0.05, 0) is 25.0 Å². The highest BCUT2D eigenvalue weighted by Gasteiger charge is 2.36. The first-order valence-corrected chi connectivity index (χ1v) is 6.67. The number of phenols is 1. The minimum absolute atomic E-state index is 0.0159. The number of carbonyl (C=O) groups excluding carboxylic acids is 1. The molecule has 0 aliphatic heterocycles. The maximum atomic E-state index is 12.2. The molecule has 98 valence electrons.